The average molecular weight is 387 g/mol. The quantitative estimate of drug-likeness (QED) is 0.754. The van der Waals surface area contributed by atoms with Gasteiger partial charge in [-0.2, -0.15) is 0 Å². The summed E-state index contributed by atoms with van der Waals surface area (Å²) < 4.78 is 11.8. The Morgan fingerprint density at radius 2 is 1.75 bits per heavy atom. The van der Waals surface area contributed by atoms with Crippen LogP contribution in [0, 0.1) is 5.92 Å². The van der Waals surface area contributed by atoms with Crippen molar-refractivity contribution in [1.29, 1.82) is 0 Å². The second-order valence-electron chi connectivity index (χ2n) is 8.64. The van der Waals surface area contributed by atoms with Gasteiger partial charge in [-0.15, -0.1) is 0 Å². The Bertz CT molecular complexity index is 612. The maximum absolute atomic E-state index is 13.1. The molecule has 0 spiro atoms. The lowest BCUT2D eigenvalue weighted by atomic mass is 9.99. The minimum absolute atomic E-state index is 0.0760. The molecule has 0 N–H and O–H groups in total. The van der Waals surface area contributed by atoms with Gasteiger partial charge in [0.05, 0.1) is 19.3 Å². The molecule has 2 saturated heterocycles. The standard InChI is InChI=1S/C23H34N2O3/c26-23-17-24(21-8-4-5-9-21)15-22(28-18-20-6-2-1-3-7-20)16-25(23)14-19-10-12-27-13-11-19/h1-3,6-7,19,21-22H,4-5,8-18H2/t22-/m1/s1. The highest BCUT2D eigenvalue weighted by atomic mass is 16.5. The molecule has 4 rings (SSSR count). The first-order chi connectivity index (χ1) is 13.8. The summed E-state index contributed by atoms with van der Waals surface area (Å²) >= 11 is 0. The Kier molecular flexibility index (Phi) is 7.00. The molecule has 0 unspecified atom stereocenters. The average Bonchev–Trinajstić information content (AvgIpc) is 3.22. The number of rotatable bonds is 6. The van der Waals surface area contributed by atoms with Gasteiger partial charge in [-0.25, -0.2) is 0 Å². The molecule has 154 valence electrons. The van der Waals surface area contributed by atoms with Crippen molar-refractivity contribution in [1.82, 2.24) is 9.80 Å². The monoisotopic (exact) mass is 386 g/mol. The Hall–Kier alpha value is -1.43. The fraction of sp³-hybridized carbons (Fsp3) is 0.696. The molecule has 1 atom stereocenters. The molecule has 28 heavy (non-hydrogen) atoms. The van der Waals surface area contributed by atoms with Crippen molar-refractivity contribution in [2.45, 2.75) is 57.3 Å². The number of ether oxygens (including phenoxy) is 2. The van der Waals surface area contributed by atoms with Crippen molar-refractivity contribution in [2.24, 2.45) is 5.92 Å². The summed E-state index contributed by atoms with van der Waals surface area (Å²) in [6, 6.07) is 10.9. The van der Waals surface area contributed by atoms with E-state index in [2.05, 4.69) is 34.1 Å². The van der Waals surface area contributed by atoms with E-state index in [4.69, 9.17) is 9.47 Å². The largest absolute Gasteiger partial charge is 0.381 e. The highest BCUT2D eigenvalue weighted by Crippen LogP contribution is 2.26. The first kappa shape index (κ1) is 19.9. The molecule has 1 aromatic carbocycles. The molecule has 1 aromatic rings. The summed E-state index contributed by atoms with van der Waals surface area (Å²) in [6.45, 7) is 5.26. The lowest BCUT2D eigenvalue weighted by Crippen LogP contribution is -2.42. The normalized spacial score (nSPS) is 25.9. The maximum atomic E-state index is 13.1. The molecule has 0 bridgehead atoms. The number of hydrogen-bond donors (Lipinski definition) is 0. The lowest BCUT2D eigenvalue weighted by molar-refractivity contribution is -0.133. The van der Waals surface area contributed by atoms with E-state index in [-0.39, 0.29) is 12.0 Å². The van der Waals surface area contributed by atoms with Crippen molar-refractivity contribution in [3.8, 4) is 0 Å². The molecular formula is C23H34N2O3. The van der Waals surface area contributed by atoms with Gasteiger partial charge in [0.1, 0.15) is 0 Å². The van der Waals surface area contributed by atoms with E-state index in [0.29, 0.717) is 31.7 Å². The minimum Gasteiger partial charge on any atom is -0.381 e. The van der Waals surface area contributed by atoms with Gasteiger partial charge >= 0.3 is 0 Å². The molecule has 1 amide bonds. The van der Waals surface area contributed by atoms with Crippen molar-refractivity contribution in [3.63, 3.8) is 0 Å². The van der Waals surface area contributed by atoms with Crippen LogP contribution in [0.3, 0.4) is 0 Å². The molecule has 3 aliphatic rings. The Balaban J connectivity index is 1.42. The molecule has 2 aliphatic heterocycles. The van der Waals surface area contributed by atoms with Gasteiger partial charge < -0.3 is 14.4 Å². The van der Waals surface area contributed by atoms with E-state index < -0.39 is 0 Å². The van der Waals surface area contributed by atoms with Gasteiger partial charge in [0.15, 0.2) is 0 Å². The van der Waals surface area contributed by atoms with E-state index >= 15 is 0 Å². The number of nitrogens with zero attached hydrogens (tertiary/aromatic N) is 2. The van der Waals surface area contributed by atoms with Gasteiger partial charge in [0.2, 0.25) is 5.91 Å². The van der Waals surface area contributed by atoms with Crippen LogP contribution in [0.2, 0.25) is 0 Å². The minimum atomic E-state index is 0.0760. The smallest absolute Gasteiger partial charge is 0.236 e. The summed E-state index contributed by atoms with van der Waals surface area (Å²) in [7, 11) is 0. The predicted molar refractivity (Wildman–Crippen MR) is 109 cm³/mol. The Morgan fingerprint density at radius 1 is 1.00 bits per heavy atom. The summed E-state index contributed by atoms with van der Waals surface area (Å²) in [5.74, 6) is 0.842. The van der Waals surface area contributed by atoms with Crippen LogP contribution in [0.15, 0.2) is 30.3 Å². The zero-order valence-corrected chi connectivity index (χ0v) is 16.9. The van der Waals surface area contributed by atoms with E-state index in [1.165, 1.54) is 31.2 Å². The van der Waals surface area contributed by atoms with Crippen LogP contribution in [-0.2, 0) is 20.9 Å². The Morgan fingerprint density at radius 3 is 2.50 bits per heavy atom. The molecule has 1 saturated carbocycles. The van der Waals surface area contributed by atoms with Crippen LogP contribution in [0.4, 0.5) is 0 Å². The molecule has 5 heteroatoms. The van der Waals surface area contributed by atoms with Crippen LogP contribution in [0.25, 0.3) is 0 Å². The van der Waals surface area contributed by atoms with Gasteiger partial charge in [0.25, 0.3) is 0 Å². The first-order valence-corrected chi connectivity index (χ1v) is 11.0. The highest BCUT2D eigenvalue weighted by molar-refractivity contribution is 5.78. The van der Waals surface area contributed by atoms with Gasteiger partial charge in [-0.1, -0.05) is 43.2 Å². The summed E-state index contributed by atoms with van der Waals surface area (Å²) in [5, 5.41) is 0. The third-order valence-electron chi connectivity index (χ3n) is 6.54. The van der Waals surface area contributed by atoms with Gasteiger partial charge in [0, 0.05) is 38.9 Å². The summed E-state index contributed by atoms with van der Waals surface area (Å²) in [6.07, 6.45) is 7.22. The van der Waals surface area contributed by atoms with Crippen molar-refractivity contribution in [2.75, 3.05) is 39.4 Å². The topological polar surface area (TPSA) is 42.0 Å². The van der Waals surface area contributed by atoms with Crippen molar-refractivity contribution in [3.05, 3.63) is 35.9 Å². The van der Waals surface area contributed by atoms with Crippen LogP contribution >= 0.6 is 0 Å². The summed E-state index contributed by atoms with van der Waals surface area (Å²) in [5.41, 5.74) is 1.20. The number of hydrogen-bond acceptors (Lipinski definition) is 4. The van der Waals surface area contributed by atoms with Gasteiger partial charge in [-0.3, -0.25) is 9.69 Å². The van der Waals surface area contributed by atoms with Gasteiger partial charge in [-0.05, 0) is 37.2 Å². The maximum Gasteiger partial charge on any atom is 0.236 e. The molecule has 5 nitrogen and oxygen atoms in total. The van der Waals surface area contributed by atoms with Crippen LogP contribution in [0.1, 0.15) is 44.1 Å². The van der Waals surface area contributed by atoms with Crippen molar-refractivity contribution >= 4 is 5.91 Å². The second kappa shape index (κ2) is 9.86. The number of amides is 1. The third-order valence-corrected chi connectivity index (χ3v) is 6.54. The van der Waals surface area contributed by atoms with E-state index in [1.54, 1.807) is 0 Å². The number of carbonyl (C=O) groups excluding carboxylic acids is 1. The fourth-order valence-corrected chi connectivity index (χ4v) is 4.86. The van der Waals surface area contributed by atoms with E-state index in [0.717, 1.165) is 39.1 Å². The summed E-state index contributed by atoms with van der Waals surface area (Å²) in [4.78, 5) is 17.6. The van der Waals surface area contributed by atoms with Crippen LogP contribution in [0.5, 0.6) is 0 Å². The second-order valence-corrected chi connectivity index (χ2v) is 8.64. The number of carbonyl (C=O) groups is 1. The van der Waals surface area contributed by atoms with E-state index in [9.17, 15) is 4.79 Å². The zero-order chi connectivity index (χ0) is 19.2. The molecule has 2 heterocycles. The first-order valence-electron chi connectivity index (χ1n) is 11.0. The molecule has 0 aromatic heterocycles. The van der Waals surface area contributed by atoms with E-state index in [1.807, 2.05) is 6.07 Å². The fourth-order valence-electron chi connectivity index (χ4n) is 4.86. The highest BCUT2D eigenvalue weighted by Gasteiger charge is 2.34. The SMILES string of the molecule is O=C1CN(C2CCCC2)C[C@@H](OCc2ccccc2)CN1CC1CCOCC1. The zero-order valence-electron chi connectivity index (χ0n) is 16.9. The number of benzene rings is 1. The Labute approximate surface area is 169 Å². The third kappa shape index (κ3) is 5.34. The predicted octanol–water partition coefficient (Wildman–Crippen LogP) is 3.09. The van der Waals surface area contributed by atoms with Crippen LogP contribution < -0.4 is 0 Å². The van der Waals surface area contributed by atoms with Crippen molar-refractivity contribution < 1.29 is 14.3 Å². The molecular weight excluding hydrogens is 352 g/mol. The van der Waals surface area contributed by atoms with Crippen LogP contribution in [-0.4, -0.2) is 67.2 Å². The lowest BCUT2D eigenvalue weighted by Gasteiger charge is -2.30. The molecule has 0 radical (unpaired) electrons. The molecule has 3 fully saturated rings. The molecule has 1 aliphatic carbocycles.